The topological polar surface area (TPSA) is 81.1 Å². The first-order valence-electron chi connectivity index (χ1n) is 7.88. The Kier molecular flexibility index (Phi) is 4.64. The fourth-order valence-corrected chi connectivity index (χ4v) is 2.84. The Balaban J connectivity index is 1.69. The third-order valence-corrected chi connectivity index (χ3v) is 4.03. The number of nitrogens with one attached hydrogen (secondary N) is 2. The second-order valence-electron chi connectivity index (χ2n) is 5.86. The second kappa shape index (κ2) is 6.86. The molecule has 0 bridgehead atoms. The van der Waals surface area contributed by atoms with Gasteiger partial charge in [-0.25, -0.2) is 9.18 Å². The lowest BCUT2D eigenvalue weighted by molar-refractivity contribution is 0.232. The quantitative estimate of drug-likeness (QED) is 0.902. The molecule has 0 saturated heterocycles. The van der Waals surface area contributed by atoms with Crippen LogP contribution in [0.25, 0.3) is 0 Å². The highest BCUT2D eigenvalue weighted by atomic mass is 19.1. The molecule has 2 amide bonds. The van der Waals surface area contributed by atoms with E-state index in [1.807, 2.05) is 14.0 Å². The summed E-state index contributed by atoms with van der Waals surface area (Å²) in [4.78, 5) is 12.3. The highest BCUT2D eigenvalue weighted by Gasteiger charge is 2.23. The maximum Gasteiger partial charge on any atom is 0.315 e. The van der Waals surface area contributed by atoms with Crippen molar-refractivity contribution in [2.75, 3.05) is 6.61 Å². The number of benzene rings is 1. The molecule has 3 rings (SSSR count). The van der Waals surface area contributed by atoms with Crippen LogP contribution in [0.4, 0.5) is 9.18 Å². The van der Waals surface area contributed by atoms with Gasteiger partial charge in [-0.2, -0.15) is 0 Å². The van der Waals surface area contributed by atoms with Crippen LogP contribution in [0.3, 0.4) is 0 Å². The molecule has 1 aromatic heterocycles. The Morgan fingerprint density at radius 1 is 1.50 bits per heavy atom. The molecule has 2 atom stereocenters. The summed E-state index contributed by atoms with van der Waals surface area (Å²) in [5.74, 6) is 0.797. The highest BCUT2D eigenvalue weighted by molar-refractivity contribution is 5.75. The average molecular weight is 333 g/mol. The third-order valence-electron chi connectivity index (χ3n) is 4.03. The van der Waals surface area contributed by atoms with Gasteiger partial charge in [0.05, 0.1) is 18.7 Å². The summed E-state index contributed by atoms with van der Waals surface area (Å²) in [6.07, 6.45) is 3.09. The van der Waals surface area contributed by atoms with Gasteiger partial charge in [0.25, 0.3) is 0 Å². The van der Waals surface area contributed by atoms with E-state index in [9.17, 15) is 9.18 Å². The van der Waals surface area contributed by atoms with E-state index in [2.05, 4.69) is 20.8 Å². The Labute approximate surface area is 139 Å². The normalized spacial score (nSPS) is 18.0. The van der Waals surface area contributed by atoms with Crippen molar-refractivity contribution in [1.29, 1.82) is 0 Å². The van der Waals surface area contributed by atoms with Crippen LogP contribution in [0.15, 0.2) is 24.5 Å². The zero-order valence-electron chi connectivity index (χ0n) is 13.6. The van der Waals surface area contributed by atoms with E-state index >= 15 is 0 Å². The smallest absolute Gasteiger partial charge is 0.315 e. The average Bonchev–Trinajstić information content (AvgIpc) is 2.87. The maximum absolute atomic E-state index is 13.4. The molecular weight excluding hydrogens is 313 g/mol. The molecule has 1 aliphatic rings. The lowest BCUT2D eigenvalue weighted by atomic mass is 10.0. The van der Waals surface area contributed by atoms with Crippen molar-refractivity contribution in [3.05, 3.63) is 41.7 Å². The highest BCUT2D eigenvalue weighted by Crippen LogP contribution is 2.32. The number of carbonyl (C=O) groups excluding carboxylic acids is 1. The van der Waals surface area contributed by atoms with Gasteiger partial charge >= 0.3 is 6.03 Å². The monoisotopic (exact) mass is 333 g/mol. The molecule has 2 heterocycles. The van der Waals surface area contributed by atoms with Gasteiger partial charge in [-0.15, -0.1) is 10.2 Å². The van der Waals surface area contributed by atoms with Crippen LogP contribution in [0.1, 0.15) is 43.2 Å². The van der Waals surface area contributed by atoms with Crippen molar-refractivity contribution in [2.24, 2.45) is 7.05 Å². The molecule has 0 spiro atoms. The summed E-state index contributed by atoms with van der Waals surface area (Å²) in [6, 6.07) is 3.57. The Morgan fingerprint density at radius 2 is 2.33 bits per heavy atom. The summed E-state index contributed by atoms with van der Waals surface area (Å²) in [5, 5.41) is 13.6. The zero-order chi connectivity index (χ0) is 17.1. The minimum absolute atomic E-state index is 0.227. The van der Waals surface area contributed by atoms with Crippen LogP contribution in [0.5, 0.6) is 5.75 Å². The van der Waals surface area contributed by atoms with Gasteiger partial charge < -0.3 is 19.9 Å². The van der Waals surface area contributed by atoms with E-state index in [-0.39, 0.29) is 23.9 Å². The van der Waals surface area contributed by atoms with Gasteiger partial charge in [-0.05, 0) is 25.8 Å². The fraction of sp³-hybridized carbons (Fsp3) is 0.438. The predicted molar refractivity (Wildman–Crippen MR) is 85.0 cm³/mol. The summed E-state index contributed by atoms with van der Waals surface area (Å²) >= 11 is 0. The Morgan fingerprint density at radius 3 is 3.08 bits per heavy atom. The van der Waals surface area contributed by atoms with Crippen molar-refractivity contribution < 1.29 is 13.9 Å². The van der Waals surface area contributed by atoms with E-state index < -0.39 is 0 Å². The molecule has 2 aromatic rings. The van der Waals surface area contributed by atoms with Crippen molar-refractivity contribution in [2.45, 2.75) is 31.8 Å². The van der Waals surface area contributed by atoms with E-state index in [0.29, 0.717) is 18.2 Å². The number of fused-ring (bicyclic) bond motifs is 1. The fourth-order valence-electron chi connectivity index (χ4n) is 2.84. The van der Waals surface area contributed by atoms with Crippen LogP contribution in [-0.2, 0) is 7.05 Å². The molecular formula is C16H20FN5O2. The van der Waals surface area contributed by atoms with Crippen LogP contribution < -0.4 is 15.4 Å². The molecule has 0 radical (unpaired) electrons. The summed E-state index contributed by atoms with van der Waals surface area (Å²) < 4.78 is 20.7. The maximum atomic E-state index is 13.4. The number of hydrogen-bond acceptors (Lipinski definition) is 4. The van der Waals surface area contributed by atoms with Crippen LogP contribution in [0.2, 0.25) is 0 Å². The van der Waals surface area contributed by atoms with Gasteiger partial charge in [0.2, 0.25) is 0 Å². The van der Waals surface area contributed by atoms with Gasteiger partial charge in [0.15, 0.2) is 5.82 Å². The van der Waals surface area contributed by atoms with Gasteiger partial charge in [-0.1, -0.05) is 6.07 Å². The minimum Gasteiger partial charge on any atom is -0.493 e. The number of hydrogen-bond donors (Lipinski definition) is 2. The van der Waals surface area contributed by atoms with Gasteiger partial charge in [-0.3, -0.25) is 0 Å². The molecule has 2 N–H and O–H groups in total. The third kappa shape index (κ3) is 3.47. The molecule has 24 heavy (non-hydrogen) atoms. The Bertz CT molecular complexity index is 733. The number of urea groups is 1. The largest absolute Gasteiger partial charge is 0.493 e. The number of rotatable bonds is 3. The van der Waals surface area contributed by atoms with Crippen LogP contribution in [-0.4, -0.2) is 27.4 Å². The first-order chi connectivity index (χ1) is 11.5. The zero-order valence-corrected chi connectivity index (χ0v) is 13.6. The molecule has 0 aliphatic carbocycles. The van der Waals surface area contributed by atoms with E-state index in [1.165, 1.54) is 12.1 Å². The van der Waals surface area contributed by atoms with Crippen molar-refractivity contribution in [3.63, 3.8) is 0 Å². The molecule has 0 fully saturated rings. The molecule has 8 heteroatoms. The molecule has 128 valence electrons. The first kappa shape index (κ1) is 16.2. The van der Waals surface area contributed by atoms with Crippen LogP contribution >= 0.6 is 0 Å². The summed E-state index contributed by atoms with van der Waals surface area (Å²) in [5.41, 5.74) is 0.787. The number of amides is 2. The van der Waals surface area contributed by atoms with Crippen molar-refractivity contribution in [1.82, 2.24) is 25.4 Å². The molecule has 1 aliphatic heterocycles. The molecule has 1 aromatic carbocycles. The second-order valence-corrected chi connectivity index (χ2v) is 5.86. The lowest BCUT2D eigenvalue weighted by Crippen LogP contribution is -2.39. The molecule has 0 saturated carbocycles. The standard InChI is InChI=1S/C16H20FN5O2/c1-10(15-21-18-9-22(15)2)19-16(23)20-13-4-3-7-24-14-8-11(17)5-6-12(13)14/h5-6,8-10,13H,3-4,7H2,1-2H3,(H2,19,20,23)/t10-,13+/m0/s1. The van der Waals surface area contributed by atoms with Crippen molar-refractivity contribution >= 4 is 6.03 Å². The lowest BCUT2D eigenvalue weighted by Gasteiger charge is -2.20. The molecule has 7 nitrogen and oxygen atoms in total. The van der Waals surface area contributed by atoms with E-state index in [0.717, 1.165) is 18.4 Å². The molecule has 0 unspecified atom stereocenters. The van der Waals surface area contributed by atoms with Gasteiger partial charge in [0.1, 0.15) is 17.9 Å². The summed E-state index contributed by atoms with van der Waals surface area (Å²) in [7, 11) is 1.82. The number of ether oxygens (including phenoxy) is 1. The van der Waals surface area contributed by atoms with Gasteiger partial charge in [0, 0.05) is 18.7 Å². The summed E-state index contributed by atoms with van der Waals surface area (Å²) in [6.45, 7) is 2.34. The van der Waals surface area contributed by atoms with Crippen molar-refractivity contribution in [3.8, 4) is 5.75 Å². The van der Waals surface area contributed by atoms with E-state index in [1.54, 1.807) is 17.0 Å². The SMILES string of the molecule is C[C@H](NC(=O)N[C@@H]1CCCOc2cc(F)ccc21)c1nncn1C. The number of halogens is 1. The number of carbonyl (C=O) groups is 1. The number of aryl methyl sites for hydroxylation is 1. The Hall–Kier alpha value is -2.64. The van der Waals surface area contributed by atoms with Crippen LogP contribution in [0, 0.1) is 5.82 Å². The minimum atomic E-state index is -0.352. The van der Waals surface area contributed by atoms with E-state index in [4.69, 9.17) is 4.74 Å². The predicted octanol–water partition coefficient (Wildman–Crippen LogP) is 2.23. The number of nitrogens with zero attached hydrogens (tertiary/aromatic N) is 3. The first-order valence-corrected chi connectivity index (χ1v) is 7.88. The number of aromatic nitrogens is 3.